The molecule has 3 aromatic carbocycles. The Labute approximate surface area is 235 Å². The number of hydrogen-bond donors (Lipinski definition) is 3. The average Bonchev–Trinajstić information content (AvgIpc) is 2.88. The van der Waals surface area contributed by atoms with Crippen molar-refractivity contribution in [2.45, 2.75) is 30.3 Å². The summed E-state index contributed by atoms with van der Waals surface area (Å²) in [7, 11) is 0. The van der Waals surface area contributed by atoms with Gasteiger partial charge in [-0.3, -0.25) is 9.59 Å². The summed E-state index contributed by atoms with van der Waals surface area (Å²) in [5, 5.41) is 12.8. The van der Waals surface area contributed by atoms with Crippen LogP contribution in [0.5, 0.6) is 0 Å². The SMILES string of the molecule is O=C(N[C@@H](Cc1cccc(S(=O)O)c1)C(=O)O)c1c(Cl)cc2c(c1Cl)CCN(C(=O)c1ccc(Cl)cc1)C2. The second-order valence-electron chi connectivity index (χ2n) is 8.63. The van der Waals surface area contributed by atoms with E-state index in [2.05, 4.69) is 5.32 Å². The quantitative estimate of drug-likeness (QED) is 0.336. The molecule has 12 heteroatoms. The summed E-state index contributed by atoms with van der Waals surface area (Å²) >= 11 is 16.7. The Kier molecular flexibility index (Phi) is 8.74. The molecule has 0 saturated heterocycles. The molecule has 0 saturated carbocycles. The van der Waals surface area contributed by atoms with Crippen LogP contribution in [0.3, 0.4) is 0 Å². The number of amides is 2. The van der Waals surface area contributed by atoms with Crippen LogP contribution in [0.15, 0.2) is 59.5 Å². The number of carboxylic acids is 1. The van der Waals surface area contributed by atoms with Gasteiger partial charge in [0.25, 0.3) is 11.8 Å². The van der Waals surface area contributed by atoms with Crippen LogP contribution in [0.25, 0.3) is 0 Å². The third kappa shape index (κ3) is 6.19. The Balaban J connectivity index is 1.53. The molecule has 1 heterocycles. The molecular weight excluding hydrogens is 575 g/mol. The molecule has 4 rings (SSSR count). The van der Waals surface area contributed by atoms with E-state index in [-0.39, 0.29) is 39.4 Å². The normalized spacial score (nSPS) is 14.4. The Morgan fingerprint density at radius 2 is 1.76 bits per heavy atom. The summed E-state index contributed by atoms with van der Waals surface area (Å²) in [4.78, 5) is 39.7. The predicted molar refractivity (Wildman–Crippen MR) is 144 cm³/mol. The molecule has 2 amide bonds. The summed E-state index contributed by atoms with van der Waals surface area (Å²) in [5.41, 5.74) is 2.23. The van der Waals surface area contributed by atoms with E-state index in [0.29, 0.717) is 40.2 Å². The van der Waals surface area contributed by atoms with Crippen molar-refractivity contribution in [1.29, 1.82) is 0 Å². The van der Waals surface area contributed by atoms with E-state index in [9.17, 15) is 28.3 Å². The Morgan fingerprint density at radius 1 is 1.05 bits per heavy atom. The summed E-state index contributed by atoms with van der Waals surface area (Å²) in [6.45, 7) is 0.593. The van der Waals surface area contributed by atoms with Gasteiger partial charge in [-0.05, 0) is 65.6 Å². The van der Waals surface area contributed by atoms with Crippen molar-refractivity contribution >= 4 is 63.7 Å². The van der Waals surface area contributed by atoms with Crippen LogP contribution in [-0.2, 0) is 35.3 Å². The summed E-state index contributed by atoms with van der Waals surface area (Å²) in [6, 6.07) is 12.7. The standard InChI is InChI=1S/C26H21Cl3N2O6S/c27-17-6-4-15(5-7-17)25(33)31-9-8-19-16(13-31)12-20(28)22(23(19)29)24(32)30-21(26(34)35)11-14-2-1-3-18(10-14)38(36)37/h1-7,10,12,21H,8-9,11,13H2,(H,30,32)(H,34,35)(H,36,37)/t21-/m0/s1. The minimum Gasteiger partial charge on any atom is -0.480 e. The molecule has 0 bridgehead atoms. The van der Waals surface area contributed by atoms with Crippen LogP contribution in [0, 0.1) is 0 Å². The number of halogens is 3. The number of aliphatic carboxylic acids is 1. The predicted octanol–water partition coefficient (Wildman–Crippen LogP) is 4.85. The third-order valence-corrected chi connectivity index (χ3v) is 7.78. The van der Waals surface area contributed by atoms with Gasteiger partial charge in [0.1, 0.15) is 6.04 Å². The molecule has 0 radical (unpaired) electrons. The molecule has 0 fully saturated rings. The van der Waals surface area contributed by atoms with Crippen molar-refractivity contribution in [3.8, 4) is 0 Å². The molecule has 0 aromatic heterocycles. The van der Waals surface area contributed by atoms with Gasteiger partial charge >= 0.3 is 5.97 Å². The first-order valence-electron chi connectivity index (χ1n) is 11.3. The van der Waals surface area contributed by atoms with Crippen molar-refractivity contribution in [1.82, 2.24) is 10.2 Å². The Bertz CT molecular complexity index is 1450. The molecule has 198 valence electrons. The van der Waals surface area contributed by atoms with Crippen LogP contribution >= 0.6 is 34.8 Å². The van der Waals surface area contributed by atoms with Gasteiger partial charge in [-0.15, -0.1) is 0 Å². The van der Waals surface area contributed by atoms with Crippen molar-refractivity contribution in [3.63, 3.8) is 0 Å². The van der Waals surface area contributed by atoms with Crippen molar-refractivity contribution in [3.05, 3.63) is 97.5 Å². The van der Waals surface area contributed by atoms with Crippen LogP contribution in [0.4, 0.5) is 0 Å². The van der Waals surface area contributed by atoms with Crippen molar-refractivity contribution < 1.29 is 28.3 Å². The molecule has 1 unspecified atom stereocenters. The zero-order valence-corrected chi connectivity index (χ0v) is 22.7. The summed E-state index contributed by atoms with van der Waals surface area (Å²) < 4.78 is 20.6. The fourth-order valence-electron chi connectivity index (χ4n) is 4.26. The second kappa shape index (κ2) is 11.8. The molecule has 0 aliphatic carbocycles. The topological polar surface area (TPSA) is 124 Å². The highest BCUT2D eigenvalue weighted by atomic mass is 35.5. The third-order valence-electron chi connectivity index (χ3n) is 6.15. The number of carboxylic acid groups (broad SMARTS) is 1. The first kappa shape index (κ1) is 28.1. The monoisotopic (exact) mass is 594 g/mol. The Hall–Kier alpha value is -2.95. The van der Waals surface area contributed by atoms with E-state index in [4.69, 9.17) is 34.8 Å². The largest absolute Gasteiger partial charge is 0.480 e. The maximum Gasteiger partial charge on any atom is 0.326 e. The fourth-order valence-corrected chi connectivity index (χ4v) is 5.59. The van der Waals surface area contributed by atoms with Crippen molar-refractivity contribution in [2.75, 3.05) is 6.54 Å². The maximum absolute atomic E-state index is 13.1. The number of nitrogens with one attached hydrogen (secondary N) is 1. The molecule has 3 aromatic rings. The van der Waals surface area contributed by atoms with Crippen LogP contribution < -0.4 is 5.32 Å². The van der Waals surface area contributed by atoms with Gasteiger partial charge in [0.05, 0.1) is 20.5 Å². The van der Waals surface area contributed by atoms with E-state index in [1.165, 1.54) is 18.2 Å². The lowest BCUT2D eigenvalue weighted by molar-refractivity contribution is -0.139. The van der Waals surface area contributed by atoms with E-state index < -0.39 is 29.0 Å². The van der Waals surface area contributed by atoms with Crippen LogP contribution in [0.1, 0.15) is 37.4 Å². The molecule has 38 heavy (non-hydrogen) atoms. The zero-order chi connectivity index (χ0) is 27.6. The van der Waals surface area contributed by atoms with E-state index >= 15 is 0 Å². The highest BCUT2D eigenvalue weighted by Gasteiger charge is 2.29. The lowest BCUT2D eigenvalue weighted by Gasteiger charge is -2.30. The smallest absolute Gasteiger partial charge is 0.326 e. The van der Waals surface area contributed by atoms with Crippen LogP contribution in [-0.4, -0.2) is 49.1 Å². The molecular formula is C26H21Cl3N2O6S. The molecule has 2 atom stereocenters. The number of benzene rings is 3. The summed E-state index contributed by atoms with van der Waals surface area (Å²) in [5.74, 6) is -2.24. The number of carbonyl (C=O) groups is 3. The number of carbonyl (C=O) groups excluding carboxylic acids is 2. The number of hydrogen-bond acceptors (Lipinski definition) is 4. The highest BCUT2D eigenvalue weighted by Crippen LogP contribution is 2.35. The molecule has 1 aliphatic rings. The van der Waals surface area contributed by atoms with Crippen molar-refractivity contribution in [2.24, 2.45) is 0 Å². The van der Waals surface area contributed by atoms with E-state index in [0.717, 1.165) is 0 Å². The van der Waals surface area contributed by atoms with Crippen LogP contribution in [0.2, 0.25) is 15.1 Å². The molecule has 3 N–H and O–H groups in total. The summed E-state index contributed by atoms with van der Waals surface area (Å²) in [6.07, 6.45) is 0.243. The van der Waals surface area contributed by atoms with Gasteiger partial charge in [-0.1, -0.05) is 46.9 Å². The van der Waals surface area contributed by atoms with Gasteiger partial charge in [0.2, 0.25) is 0 Å². The second-order valence-corrected chi connectivity index (χ2v) is 10.8. The first-order valence-corrected chi connectivity index (χ1v) is 13.6. The lowest BCUT2D eigenvalue weighted by Crippen LogP contribution is -2.42. The first-order chi connectivity index (χ1) is 18.0. The highest BCUT2D eigenvalue weighted by molar-refractivity contribution is 7.79. The number of nitrogens with zero attached hydrogens (tertiary/aromatic N) is 1. The average molecular weight is 596 g/mol. The fraction of sp³-hybridized carbons (Fsp3) is 0.192. The Morgan fingerprint density at radius 3 is 2.42 bits per heavy atom. The van der Waals surface area contributed by atoms with Gasteiger partial charge in [-0.2, -0.15) is 0 Å². The van der Waals surface area contributed by atoms with E-state index in [1.54, 1.807) is 41.3 Å². The van der Waals surface area contributed by atoms with Gasteiger partial charge in [-0.25, -0.2) is 9.00 Å². The van der Waals surface area contributed by atoms with E-state index in [1.807, 2.05) is 0 Å². The zero-order valence-electron chi connectivity index (χ0n) is 19.6. The number of rotatable bonds is 7. The van der Waals surface area contributed by atoms with Gasteiger partial charge in [0, 0.05) is 30.1 Å². The van der Waals surface area contributed by atoms with Gasteiger partial charge in [0.15, 0.2) is 11.1 Å². The minimum absolute atomic E-state index is 0.0221. The van der Waals surface area contributed by atoms with Gasteiger partial charge < -0.3 is 19.9 Å². The molecule has 8 nitrogen and oxygen atoms in total. The molecule has 1 aliphatic heterocycles. The minimum atomic E-state index is -2.23. The molecule has 0 spiro atoms. The maximum atomic E-state index is 13.1. The number of fused-ring (bicyclic) bond motifs is 1. The lowest BCUT2D eigenvalue weighted by atomic mass is 9.95.